The SMILES string of the molecule is COc1ccc(O)c(-c2ncc(F)cn2)c1. The van der Waals surface area contributed by atoms with Crippen molar-refractivity contribution in [2.75, 3.05) is 7.11 Å². The molecule has 2 aromatic rings. The molecule has 5 heteroatoms. The highest BCUT2D eigenvalue weighted by Gasteiger charge is 2.08. The number of phenolic OH excluding ortho intramolecular Hbond substituents is 1. The molecule has 82 valence electrons. The fourth-order valence-electron chi connectivity index (χ4n) is 1.27. The molecule has 1 aromatic heterocycles. The van der Waals surface area contributed by atoms with Gasteiger partial charge in [0.1, 0.15) is 11.5 Å². The quantitative estimate of drug-likeness (QED) is 0.840. The third-order valence-corrected chi connectivity index (χ3v) is 2.06. The summed E-state index contributed by atoms with van der Waals surface area (Å²) in [7, 11) is 1.52. The number of halogens is 1. The van der Waals surface area contributed by atoms with E-state index in [1.807, 2.05) is 0 Å². The zero-order valence-electron chi connectivity index (χ0n) is 8.51. The molecule has 0 aliphatic rings. The number of phenols is 1. The first kappa shape index (κ1) is 10.4. The Morgan fingerprint density at radius 2 is 1.94 bits per heavy atom. The molecule has 0 atom stereocenters. The zero-order chi connectivity index (χ0) is 11.5. The number of benzene rings is 1. The van der Waals surface area contributed by atoms with Gasteiger partial charge in [-0.15, -0.1) is 0 Å². The minimum Gasteiger partial charge on any atom is -0.507 e. The smallest absolute Gasteiger partial charge is 0.163 e. The van der Waals surface area contributed by atoms with Gasteiger partial charge < -0.3 is 9.84 Å². The van der Waals surface area contributed by atoms with Gasteiger partial charge in [-0.3, -0.25) is 0 Å². The van der Waals surface area contributed by atoms with E-state index in [9.17, 15) is 9.50 Å². The van der Waals surface area contributed by atoms with Gasteiger partial charge in [-0.25, -0.2) is 14.4 Å². The van der Waals surface area contributed by atoms with E-state index < -0.39 is 5.82 Å². The lowest BCUT2D eigenvalue weighted by Crippen LogP contribution is -1.91. The van der Waals surface area contributed by atoms with Crippen molar-refractivity contribution in [1.82, 2.24) is 9.97 Å². The lowest BCUT2D eigenvalue weighted by atomic mass is 10.2. The summed E-state index contributed by atoms with van der Waals surface area (Å²) in [6, 6.07) is 4.67. The maximum Gasteiger partial charge on any atom is 0.163 e. The Balaban J connectivity index is 2.50. The summed E-state index contributed by atoms with van der Waals surface area (Å²) < 4.78 is 17.7. The first-order valence-corrected chi connectivity index (χ1v) is 4.55. The number of aromatic nitrogens is 2. The number of aromatic hydroxyl groups is 1. The van der Waals surface area contributed by atoms with Crippen LogP contribution in [0.5, 0.6) is 11.5 Å². The third kappa shape index (κ3) is 1.93. The summed E-state index contributed by atoms with van der Waals surface area (Å²) >= 11 is 0. The maximum absolute atomic E-state index is 12.6. The van der Waals surface area contributed by atoms with Crippen LogP contribution >= 0.6 is 0 Å². The summed E-state index contributed by atoms with van der Waals surface area (Å²) in [6.07, 6.45) is 2.09. The lowest BCUT2D eigenvalue weighted by molar-refractivity contribution is 0.412. The highest BCUT2D eigenvalue weighted by Crippen LogP contribution is 2.29. The van der Waals surface area contributed by atoms with Gasteiger partial charge in [0.15, 0.2) is 11.6 Å². The second-order valence-corrected chi connectivity index (χ2v) is 3.11. The Hall–Kier alpha value is -2.17. The highest BCUT2D eigenvalue weighted by atomic mass is 19.1. The average molecular weight is 220 g/mol. The molecule has 0 radical (unpaired) electrons. The second kappa shape index (κ2) is 4.14. The van der Waals surface area contributed by atoms with Crippen LogP contribution in [0.4, 0.5) is 4.39 Å². The molecular weight excluding hydrogens is 211 g/mol. The van der Waals surface area contributed by atoms with E-state index in [0.29, 0.717) is 11.3 Å². The molecule has 0 bridgehead atoms. The Kier molecular flexibility index (Phi) is 2.68. The Bertz CT molecular complexity index is 500. The van der Waals surface area contributed by atoms with Crippen molar-refractivity contribution in [3.8, 4) is 22.9 Å². The van der Waals surface area contributed by atoms with Gasteiger partial charge in [-0.2, -0.15) is 0 Å². The molecule has 0 fully saturated rings. The summed E-state index contributed by atoms with van der Waals surface area (Å²) in [5.74, 6) is 0.317. The maximum atomic E-state index is 12.6. The van der Waals surface area contributed by atoms with Crippen molar-refractivity contribution >= 4 is 0 Å². The third-order valence-electron chi connectivity index (χ3n) is 2.06. The van der Waals surface area contributed by atoms with E-state index in [0.717, 1.165) is 12.4 Å². The standard InChI is InChI=1S/C11H9FN2O2/c1-16-8-2-3-10(15)9(4-8)11-13-5-7(12)6-14-11/h2-6,15H,1H3. The normalized spacial score (nSPS) is 10.1. The van der Waals surface area contributed by atoms with E-state index >= 15 is 0 Å². The number of rotatable bonds is 2. The van der Waals surface area contributed by atoms with E-state index in [1.54, 1.807) is 12.1 Å². The monoisotopic (exact) mass is 220 g/mol. The molecule has 1 heterocycles. The van der Waals surface area contributed by atoms with Gasteiger partial charge in [-0.1, -0.05) is 0 Å². The number of methoxy groups -OCH3 is 1. The molecule has 0 saturated heterocycles. The van der Waals surface area contributed by atoms with Crippen molar-refractivity contribution in [2.24, 2.45) is 0 Å². The van der Waals surface area contributed by atoms with Gasteiger partial charge in [0.05, 0.1) is 25.1 Å². The van der Waals surface area contributed by atoms with Crippen molar-refractivity contribution in [1.29, 1.82) is 0 Å². The zero-order valence-corrected chi connectivity index (χ0v) is 8.51. The topological polar surface area (TPSA) is 55.2 Å². The average Bonchev–Trinajstić information content (AvgIpc) is 2.31. The molecule has 0 aliphatic heterocycles. The molecular formula is C11H9FN2O2. The van der Waals surface area contributed by atoms with Crippen molar-refractivity contribution < 1.29 is 14.2 Å². The summed E-state index contributed by atoms with van der Waals surface area (Å²) in [5.41, 5.74) is 0.402. The van der Waals surface area contributed by atoms with Gasteiger partial charge >= 0.3 is 0 Å². The first-order chi connectivity index (χ1) is 7.70. The largest absolute Gasteiger partial charge is 0.507 e. The summed E-state index contributed by atoms with van der Waals surface area (Å²) in [5, 5.41) is 9.62. The molecule has 16 heavy (non-hydrogen) atoms. The molecule has 0 unspecified atom stereocenters. The summed E-state index contributed by atoms with van der Waals surface area (Å²) in [6.45, 7) is 0. The lowest BCUT2D eigenvalue weighted by Gasteiger charge is -2.05. The molecule has 0 amide bonds. The molecule has 1 N–H and O–H groups in total. The van der Waals surface area contributed by atoms with Crippen LogP contribution in [0.1, 0.15) is 0 Å². The molecule has 2 rings (SSSR count). The fraction of sp³-hybridized carbons (Fsp3) is 0.0909. The predicted molar refractivity (Wildman–Crippen MR) is 55.6 cm³/mol. The first-order valence-electron chi connectivity index (χ1n) is 4.55. The minimum atomic E-state index is -0.522. The van der Waals surface area contributed by atoms with Crippen LogP contribution in [-0.2, 0) is 0 Å². The van der Waals surface area contributed by atoms with E-state index in [1.165, 1.54) is 13.2 Å². The Morgan fingerprint density at radius 1 is 1.25 bits per heavy atom. The van der Waals surface area contributed by atoms with Gasteiger partial charge in [0, 0.05) is 0 Å². The minimum absolute atomic E-state index is 0.0207. The number of hydrogen-bond donors (Lipinski definition) is 1. The van der Waals surface area contributed by atoms with Crippen molar-refractivity contribution in [3.63, 3.8) is 0 Å². The van der Waals surface area contributed by atoms with E-state index in [2.05, 4.69) is 9.97 Å². The molecule has 0 saturated carbocycles. The van der Waals surface area contributed by atoms with Crippen molar-refractivity contribution in [2.45, 2.75) is 0 Å². The van der Waals surface area contributed by atoms with Crippen LogP contribution in [0.3, 0.4) is 0 Å². The van der Waals surface area contributed by atoms with E-state index in [-0.39, 0.29) is 11.6 Å². The number of ether oxygens (including phenoxy) is 1. The van der Waals surface area contributed by atoms with Gasteiger partial charge in [-0.05, 0) is 18.2 Å². The fourth-order valence-corrected chi connectivity index (χ4v) is 1.27. The van der Waals surface area contributed by atoms with Crippen molar-refractivity contribution in [3.05, 3.63) is 36.4 Å². The molecule has 0 aliphatic carbocycles. The van der Waals surface area contributed by atoms with Gasteiger partial charge in [0.2, 0.25) is 0 Å². The van der Waals surface area contributed by atoms with Crippen LogP contribution < -0.4 is 4.74 Å². The highest BCUT2D eigenvalue weighted by molar-refractivity contribution is 5.65. The van der Waals surface area contributed by atoms with Crippen LogP contribution in [0.15, 0.2) is 30.6 Å². The Morgan fingerprint density at radius 3 is 2.56 bits per heavy atom. The van der Waals surface area contributed by atoms with Crippen LogP contribution in [-0.4, -0.2) is 22.2 Å². The second-order valence-electron chi connectivity index (χ2n) is 3.11. The van der Waals surface area contributed by atoms with Crippen LogP contribution in [0, 0.1) is 5.82 Å². The predicted octanol–water partition coefficient (Wildman–Crippen LogP) is 2.00. The summed E-state index contributed by atoms with van der Waals surface area (Å²) in [4.78, 5) is 7.57. The van der Waals surface area contributed by atoms with Crippen LogP contribution in [0.25, 0.3) is 11.4 Å². The van der Waals surface area contributed by atoms with E-state index in [4.69, 9.17) is 4.74 Å². The number of hydrogen-bond acceptors (Lipinski definition) is 4. The van der Waals surface area contributed by atoms with Crippen LogP contribution in [0.2, 0.25) is 0 Å². The number of nitrogens with zero attached hydrogens (tertiary/aromatic N) is 2. The molecule has 0 spiro atoms. The van der Waals surface area contributed by atoms with Gasteiger partial charge in [0.25, 0.3) is 0 Å². The molecule has 4 nitrogen and oxygen atoms in total. The Labute approximate surface area is 91.4 Å². The molecule has 1 aromatic carbocycles.